The number of carbonyl (C=O) groups is 5. The maximum absolute atomic E-state index is 14.0. The zero-order chi connectivity index (χ0) is 32.8. The Kier molecular flexibility index (Phi) is 14.7. The van der Waals surface area contributed by atoms with Crippen molar-refractivity contribution in [2.45, 2.75) is 68.7 Å². The van der Waals surface area contributed by atoms with E-state index in [9.17, 15) is 29.1 Å². The summed E-state index contributed by atoms with van der Waals surface area (Å²) in [5.74, 6) is -1.93. The molecule has 7 N–H and O–H groups in total. The lowest BCUT2D eigenvalue weighted by atomic mass is 10.0. The Bertz CT molecular complexity index is 1270. The Balaban J connectivity index is 1.78. The summed E-state index contributed by atoms with van der Waals surface area (Å²) in [6.07, 6.45) is 8.60. The number of hydrogen-bond acceptors (Lipinski definition) is 9. The minimum Gasteiger partial charge on any atom is -0.480 e. The van der Waals surface area contributed by atoms with E-state index in [2.05, 4.69) is 25.9 Å². The lowest BCUT2D eigenvalue weighted by molar-refractivity contribution is -0.145. The average molecular weight is 662 g/mol. The average Bonchev–Trinajstić information content (AvgIpc) is 3.74. The summed E-state index contributed by atoms with van der Waals surface area (Å²) in [7, 11) is 0. The first-order chi connectivity index (χ1) is 21.6. The highest BCUT2D eigenvalue weighted by Crippen LogP contribution is 2.20. The van der Waals surface area contributed by atoms with E-state index >= 15 is 0 Å². The van der Waals surface area contributed by atoms with Gasteiger partial charge in [-0.25, -0.2) is 9.78 Å². The number of imidazole rings is 1. The van der Waals surface area contributed by atoms with Crippen LogP contribution in [0.2, 0.25) is 0 Å². The van der Waals surface area contributed by atoms with Gasteiger partial charge in [0.15, 0.2) is 0 Å². The van der Waals surface area contributed by atoms with Crippen molar-refractivity contribution >= 4 is 53.1 Å². The minimum atomic E-state index is -1.23. The number of nitrogens with zero attached hydrogens (tertiary/aromatic N) is 2. The smallest absolute Gasteiger partial charge is 0.326 e. The van der Waals surface area contributed by atoms with Gasteiger partial charge < -0.3 is 36.7 Å². The van der Waals surface area contributed by atoms with Crippen molar-refractivity contribution in [3.05, 3.63) is 54.1 Å². The predicted octanol–water partition coefficient (Wildman–Crippen LogP) is 0.558. The molecule has 1 fully saturated rings. The Morgan fingerprint density at radius 1 is 0.978 bits per heavy atom. The standard InChI is InChI=1S/C30H43N7O6S2/c1-44-13-10-21(31)26(38)34-22(11-14-45-2)27(39)35-23(15-19-7-4-3-5-8-19)29(41)37-12-6-9-25(37)28(40)36-24(30(42)43)16-20-17-32-18-33-20/h3-5,7-8,17-18,21-25H,6,9-16,31H2,1-2H3,(H,32,33)(H,34,38)(H,35,39)(H,36,40)(H,42,43)/t21-,22-,23-,24-,25-/m0/s1. The van der Waals surface area contributed by atoms with Gasteiger partial charge >= 0.3 is 5.97 Å². The highest BCUT2D eigenvalue weighted by atomic mass is 32.2. The molecule has 15 heteroatoms. The Labute approximate surface area is 271 Å². The number of nitrogens with two attached hydrogens (primary N) is 1. The van der Waals surface area contributed by atoms with E-state index in [0.29, 0.717) is 42.9 Å². The number of H-pyrrole nitrogens is 1. The molecule has 0 radical (unpaired) electrons. The molecule has 246 valence electrons. The van der Waals surface area contributed by atoms with Crippen LogP contribution in [0.25, 0.3) is 0 Å². The zero-order valence-electron chi connectivity index (χ0n) is 25.6. The third kappa shape index (κ3) is 11.1. The van der Waals surface area contributed by atoms with E-state index in [0.717, 1.165) is 5.56 Å². The van der Waals surface area contributed by atoms with Crippen LogP contribution in [0.5, 0.6) is 0 Å². The van der Waals surface area contributed by atoms with Crippen molar-refractivity contribution in [2.75, 3.05) is 30.6 Å². The summed E-state index contributed by atoms with van der Waals surface area (Å²) in [4.78, 5) is 73.9. The normalized spacial score (nSPS) is 17.1. The molecule has 0 spiro atoms. The molecule has 1 saturated heterocycles. The van der Waals surface area contributed by atoms with E-state index in [4.69, 9.17) is 5.73 Å². The molecular formula is C30H43N7O6S2. The third-order valence-corrected chi connectivity index (χ3v) is 8.82. The molecule has 1 aliphatic heterocycles. The fourth-order valence-electron chi connectivity index (χ4n) is 5.06. The van der Waals surface area contributed by atoms with Gasteiger partial charge in [0.1, 0.15) is 24.2 Å². The number of likely N-dealkylation sites (tertiary alicyclic amines) is 1. The van der Waals surface area contributed by atoms with E-state index in [1.807, 2.05) is 42.8 Å². The molecule has 1 aromatic carbocycles. The van der Waals surface area contributed by atoms with Gasteiger partial charge in [0.25, 0.3) is 0 Å². The molecule has 2 aromatic rings. The van der Waals surface area contributed by atoms with E-state index in [-0.39, 0.29) is 19.4 Å². The molecular weight excluding hydrogens is 619 g/mol. The van der Waals surface area contributed by atoms with Gasteiger partial charge in [-0.2, -0.15) is 23.5 Å². The number of amides is 4. The van der Waals surface area contributed by atoms with Crippen molar-refractivity contribution in [2.24, 2.45) is 5.73 Å². The fraction of sp³-hybridized carbons (Fsp3) is 0.533. The summed E-state index contributed by atoms with van der Waals surface area (Å²) >= 11 is 3.09. The van der Waals surface area contributed by atoms with Gasteiger partial charge in [0, 0.05) is 25.6 Å². The van der Waals surface area contributed by atoms with Crippen molar-refractivity contribution in [1.29, 1.82) is 0 Å². The molecule has 0 aliphatic carbocycles. The molecule has 2 heterocycles. The second-order valence-electron chi connectivity index (χ2n) is 10.8. The Morgan fingerprint density at radius 2 is 1.67 bits per heavy atom. The SMILES string of the molecule is CSCC[C@H](NC(=O)[C@@H](N)CCSC)C(=O)N[C@@H](Cc1ccccc1)C(=O)N1CCC[C@H]1C(=O)N[C@@H](Cc1c[nH]cn1)C(=O)O. The van der Waals surface area contributed by atoms with Crippen LogP contribution in [0, 0.1) is 0 Å². The number of aliphatic carboxylic acids is 1. The number of rotatable bonds is 18. The van der Waals surface area contributed by atoms with Crippen LogP contribution in [0.15, 0.2) is 42.9 Å². The molecule has 5 atom stereocenters. The van der Waals surface area contributed by atoms with E-state index in [1.165, 1.54) is 23.0 Å². The molecule has 4 amide bonds. The number of aromatic amines is 1. The zero-order valence-corrected chi connectivity index (χ0v) is 27.2. The van der Waals surface area contributed by atoms with Crippen LogP contribution >= 0.6 is 23.5 Å². The number of aromatic nitrogens is 2. The number of carboxylic acid groups (broad SMARTS) is 1. The molecule has 13 nitrogen and oxygen atoms in total. The van der Waals surface area contributed by atoms with E-state index < -0.39 is 59.8 Å². The van der Waals surface area contributed by atoms with Crippen molar-refractivity contribution < 1.29 is 29.1 Å². The molecule has 1 aromatic heterocycles. The molecule has 1 aliphatic rings. The molecule has 0 unspecified atom stereocenters. The highest BCUT2D eigenvalue weighted by Gasteiger charge is 2.39. The van der Waals surface area contributed by atoms with Gasteiger partial charge in [0.2, 0.25) is 23.6 Å². The first kappa shape index (κ1) is 35.9. The first-order valence-electron chi connectivity index (χ1n) is 14.8. The Morgan fingerprint density at radius 3 is 2.31 bits per heavy atom. The summed E-state index contributed by atoms with van der Waals surface area (Å²) in [6.45, 7) is 0.270. The second-order valence-corrected chi connectivity index (χ2v) is 12.8. The summed E-state index contributed by atoms with van der Waals surface area (Å²) in [6, 6.07) is 4.32. The topological polar surface area (TPSA) is 200 Å². The first-order valence-corrected chi connectivity index (χ1v) is 17.6. The van der Waals surface area contributed by atoms with E-state index in [1.54, 1.807) is 18.0 Å². The fourth-order valence-corrected chi connectivity index (χ4v) is 6.03. The number of nitrogens with one attached hydrogen (secondary N) is 4. The second kappa shape index (κ2) is 18.4. The van der Waals surface area contributed by atoms with Gasteiger partial charge in [-0.15, -0.1) is 0 Å². The van der Waals surface area contributed by atoms with Gasteiger partial charge in [0.05, 0.1) is 18.1 Å². The molecule has 45 heavy (non-hydrogen) atoms. The van der Waals surface area contributed by atoms with Crippen molar-refractivity contribution in [3.8, 4) is 0 Å². The predicted molar refractivity (Wildman–Crippen MR) is 175 cm³/mol. The number of carboxylic acids is 1. The van der Waals surface area contributed by atoms with Crippen LogP contribution in [-0.2, 0) is 36.8 Å². The number of thioether (sulfide) groups is 2. The summed E-state index contributed by atoms with van der Waals surface area (Å²) in [5.41, 5.74) is 7.32. The largest absolute Gasteiger partial charge is 0.480 e. The van der Waals surface area contributed by atoms with Crippen LogP contribution in [0.4, 0.5) is 0 Å². The van der Waals surface area contributed by atoms with Crippen LogP contribution in [0.3, 0.4) is 0 Å². The summed E-state index contributed by atoms with van der Waals surface area (Å²) < 4.78 is 0. The number of benzene rings is 1. The van der Waals surface area contributed by atoms with Crippen LogP contribution in [0.1, 0.15) is 36.9 Å². The minimum absolute atomic E-state index is 0.0258. The van der Waals surface area contributed by atoms with Crippen molar-refractivity contribution in [3.63, 3.8) is 0 Å². The third-order valence-electron chi connectivity index (χ3n) is 7.53. The van der Waals surface area contributed by atoms with Gasteiger partial charge in [-0.3, -0.25) is 19.2 Å². The molecule has 0 bridgehead atoms. The lowest BCUT2D eigenvalue weighted by Gasteiger charge is -2.30. The van der Waals surface area contributed by atoms with Gasteiger partial charge in [-0.05, 0) is 55.3 Å². The van der Waals surface area contributed by atoms with Gasteiger partial charge in [-0.1, -0.05) is 30.3 Å². The number of hydrogen-bond donors (Lipinski definition) is 6. The van der Waals surface area contributed by atoms with Crippen LogP contribution < -0.4 is 21.7 Å². The molecule has 3 rings (SSSR count). The van der Waals surface area contributed by atoms with Crippen molar-refractivity contribution in [1.82, 2.24) is 30.8 Å². The lowest BCUT2D eigenvalue weighted by Crippen LogP contribution is -2.59. The highest BCUT2D eigenvalue weighted by molar-refractivity contribution is 7.98. The summed E-state index contributed by atoms with van der Waals surface area (Å²) in [5, 5.41) is 17.9. The number of carbonyl (C=O) groups excluding carboxylic acids is 4. The maximum atomic E-state index is 14.0. The van der Waals surface area contributed by atoms with Crippen LogP contribution in [-0.4, -0.2) is 110 Å². The monoisotopic (exact) mass is 661 g/mol. The maximum Gasteiger partial charge on any atom is 0.326 e. The molecule has 0 saturated carbocycles. The quantitative estimate of drug-likeness (QED) is 0.131. The Hall–Kier alpha value is -3.56.